The highest BCUT2D eigenvalue weighted by Crippen LogP contribution is 2.39. The molecule has 1 aromatic carbocycles. The zero-order valence-electron chi connectivity index (χ0n) is 14.7. The van der Waals surface area contributed by atoms with Crippen molar-refractivity contribution in [3.05, 3.63) is 40.7 Å². The number of aromatic nitrogens is 3. The van der Waals surface area contributed by atoms with E-state index in [0.717, 1.165) is 16.5 Å². The Balaban J connectivity index is 1.54. The molecule has 5 nitrogen and oxygen atoms in total. The van der Waals surface area contributed by atoms with Gasteiger partial charge in [0.2, 0.25) is 5.91 Å². The smallest absolute Gasteiger partial charge is 0.230 e. The number of hydrogen-bond donors (Lipinski definition) is 1. The van der Waals surface area contributed by atoms with E-state index in [2.05, 4.69) is 47.6 Å². The quantitative estimate of drug-likeness (QED) is 0.817. The second kappa shape index (κ2) is 6.97. The van der Waals surface area contributed by atoms with E-state index in [0.29, 0.717) is 11.7 Å². The van der Waals surface area contributed by atoms with Crippen LogP contribution in [-0.4, -0.2) is 26.4 Å². The third-order valence-corrected chi connectivity index (χ3v) is 5.57. The first kappa shape index (κ1) is 17.0. The Hall–Kier alpha value is -1.82. The first-order chi connectivity index (χ1) is 11.5. The van der Waals surface area contributed by atoms with E-state index in [1.54, 1.807) is 0 Å². The molecule has 128 valence electrons. The molecule has 0 spiro atoms. The Labute approximate surface area is 147 Å². The number of carbonyl (C=O) groups is 1. The van der Waals surface area contributed by atoms with Crippen molar-refractivity contribution < 1.29 is 4.79 Å². The topological polar surface area (TPSA) is 59.8 Å². The maximum atomic E-state index is 12.2. The number of amides is 1. The molecular formula is C18H24N4OS. The van der Waals surface area contributed by atoms with Gasteiger partial charge in [0, 0.05) is 13.0 Å². The predicted molar refractivity (Wildman–Crippen MR) is 96.2 cm³/mol. The van der Waals surface area contributed by atoms with Crippen molar-refractivity contribution in [2.75, 3.05) is 5.75 Å². The van der Waals surface area contributed by atoms with Gasteiger partial charge in [0.25, 0.3) is 0 Å². The first-order valence-corrected chi connectivity index (χ1v) is 9.33. The zero-order valence-corrected chi connectivity index (χ0v) is 15.5. The minimum absolute atomic E-state index is 0.000999. The van der Waals surface area contributed by atoms with Crippen LogP contribution in [0.3, 0.4) is 0 Å². The van der Waals surface area contributed by atoms with Crippen LogP contribution in [0.4, 0.5) is 0 Å². The fraction of sp³-hybridized carbons (Fsp3) is 0.500. The molecule has 2 aromatic rings. The van der Waals surface area contributed by atoms with Crippen LogP contribution in [-0.2, 0) is 11.8 Å². The van der Waals surface area contributed by atoms with Crippen molar-refractivity contribution in [1.82, 2.24) is 20.1 Å². The average molecular weight is 344 g/mol. The largest absolute Gasteiger partial charge is 0.349 e. The van der Waals surface area contributed by atoms with Crippen LogP contribution in [0.25, 0.3) is 0 Å². The van der Waals surface area contributed by atoms with Crippen LogP contribution in [0.2, 0.25) is 0 Å². The lowest BCUT2D eigenvalue weighted by Crippen LogP contribution is -2.28. The highest BCUT2D eigenvalue weighted by atomic mass is 32.2. The Morgan fingerprint density at radius 2 is 2.08 bits per heavy atom. The zero-order chi connectivity index (χ0) is 17.3. The molecule has 1 amide bonds. The van der Waals surface area contributed by atoms with E-state index >= 15 is 0 Å². The van der Waals surface area contributed by atoms with Gasteiger partial charge in [0.15, 0.2) is 5.16 Å². The van der Waals surface area contributed by atoms with Crippen molar-refractivity contribution >= 4 is 17.7 Å². The minimum Gasteiger partial charge on any atom is -0.349 e. The fourth-order valence-corrected chi connectivity index (χ4v) is 3.41. The molecule has 6 heteroatoms. The van der Waals surface area contributed by atoms with Crippen molar-refractivity contribution in [2.45, 2.75) is 50.7 Å². The summed E-state index contributed by atoms with van der Waals surface area (Å²) in [5, 5.41) is 12.3. The number of nitrogens with zero attached hydrogens (tertiary/aromatic N) is 3. The molecule has 1 aliphatic carbocycles. The Bertz CT molecular complexity index is 751. The Morgan fingerprint density at radius 1 is 1.33 bits per heavy atom. The fourth-order valence-electron chi connectivity index (χ4n) is 2.68. The summed E-state index contributed by atoms with van der Waals surface area (Å²) < 4.78 is 2.02. The lowest BCUT2D eigenvalue weighted by atomic mass is 10.0. The van der Waals surface area contributed by atoms with Crippen LogP contribution in [0.5, 0.6) is 0 Å². The number of aryl methyl sites for hydroxylation is 2. The lowest BCUT2D eigenvalue weighted by Gasteiger charge is -2.15. The number of carbonyl (C=O) groups excluding carboxylic acids is 1. The predicted octanol–water partition coefficient (Wildman–Crippen LogP) is 3.28. The molecule has 0 aliphatic heterocycles. The van der Waals surface area contributed by atoms with Gasteiger partial charge in [0.05, 0.1) is 11.8 Å². The summed E-state index contributed by atoms with van der Waals surface area (Å²) in [4.78, 5) is 12.2. The summed E-state index contributed by atoms with van der Waals surface area (Å²) >= 11 is 1.44. The molecular weight excluding hydrogens is 320 g/mol. The number of thioether (sulfide) groups is 1. The molecule has 1 heterocycles. The third-order valence-electron chi connectivity index (χ3n) is 4.55. The van der Waals surface area contributed by atoms with Crippen molar-refractivity contribution in [3.8, 4) is 0 Å². The van der Waals surface area contributed by atoms with Crippen LogP contribution >= 0.6 is 11.8 Å². The lowest BCUT2D eigenvalue weighted by molar-refractivity contribution is -0.119. The van der Waals surface area contributed by atoms with E-state index < -0.39 is 0 Å². The van der Waals surface area contributed by atoms with Crippen molar-refractivity contribution in [1.29, 1.82) is 0 Å². The van der Waals surface area contributed by atoms with Gasteiger partial charge in [-0.3, -0.25) is 4.79 Å². The SMILES string of the molecule is Cc1ccc([C@@H](C)NC(=O)CSc2nnc(C3CC3)n2C)cc1C. The summed E-state index contributed by atoms with van der Waals surface area (Å²) in [5.41, 5.74) is 3.64. The van der Waals surface area contributed by atoms with Gasteiger partial charge in [-0.2, -0.15) is 0 Å². The van der Waals surface area contributed by atoms with E-state index in [-0.39, 0.29) is 11.9 Å². The normalized spacial score (nSPS) is 15.3. The van der Waals surface area contributed by atoms with Gasteiger partial charge in [-0.15, -0.1) is 10.2 Å². The molecule has 0 saturated heterocycles. The molecule has 24 heavy (non-hydrogen) atoms. The summed E-state index contributed by atoms with van der Waals surface area (Å²) in [6.45, 7) is 6.20. The monoisotopic (exact) mass is 344 g/mol. The van der Waals surface area contributed by atoms with Gasteiger partial charge < -0.3 is 9.88 Å². The van der Waals surface area contributed by atoms with Gasteiger partial charge in [0.1, 0.15) is 5.82 Å². The highest BCUT2D eigenvalue weighted by Gasteiger charge is 2.29. The molecule has 1 atom stereocenters. The van der Waals surface area contributed by atoms with Gasteiger partial charge >= 0.3 is 0 Å². The number of nitrogens with one attached hydrogen (secondary N) is 1. The van der Waals surface area contributed by atoms with Gasteiger partial charge in [-0.1, -0.05) is 30.0 Å². The molecule has 1 aliphatic rings. The summed E-state index contributed by atoms with van der Waals surface area (Å²) in [6.07, 6.45) is 2.40. The first-order valence-electron chi connectivity index (χ1n) is 8.34. The van der Waals surface area contributed by atoms with Gasteiger partial charge in [-0.05, 0) is 50.3 Å². The molecule has 1 fully saturated rings. The summed E-state index contributed by atoms with van der Waals surface area (Å²) in [6, 6.07) is 6.31. The Morgan fingerprint density at radius 3 is 2.75 bits per heavy atom. The Kier molecular flexibility index (Phi) is 4.94. The standard InChI is InChI=1S/C18H24N4OS/c1-11-5-6-15(9-12(11)2)13(3)19-16(23)10-24-18-21-20-17(22(18)4)14-7-8-14/h5-6,9,13-14H,7-8,10H2,1-4H3,(H,19,23)/t13-/m1/s1. The molecule has 1 aromatic heterocycles. The minimum atomic E-state index is -0.000999. The summed E-state index contributed by atoms with van der Waals surface area (Å²) in [7, 11) is 1.98. The van der Waals surface area contributed by atoms with E-state index in [1.165, 1.54) is 35.7 Å². The molecule has 0 radical (unpaired) electrons. The number of rotatable bonds is 6. The van der Waals surface area contributed by atoms with Crippen molar-refractivity contribution in [3.63, 3.8) is 0 Å². The molecule has 0 bridgehead atoms. The maximum Gasteiger partial charge on any atom is 0.230 e. The van der Waals surface area contributed by atoms with E-state index in [1.807, 2.05) is 18.5 Å². The highest BCUT2D eigenvalue weighted by molar-refractivity contribution is 7.99. The number of benzene rings is 1. The molecule has 1 saturated carbocycles. The maximum absolute atomic E-state index is 12.2. The van der Waals surface area contributed by atoms with Crippen LogP contribution in [0, 0.1) is 13.8 Å². The van der Waals surface area contributed by atoms with E-state index in [9.17, 15) is 4.79 Å². The van der Waals surface area contributed by atoms with Crippen molar-refractivity contribution in [2.24, 2.45) is 7.05 Å². The third kappa shape index (κ3) is 3.80. The van der Waals surface area contributed by atoms with Crippen LogP contribution in [0.1, 0.15) is 54.2 Å². The second-order valence-corrected chi connectivity index (χ2v) is 7.54. The molecule has 3 rings (SSSR count). The number of hydrogen-bond acceptors (Lipinski definition) is 4. The van der Waals surface area contributed by atoms with Gasteiger partial charge in [-0.25, -0.2) is 0 Å². The second-order valence-electron chi connectivity index (χ2n) is 6.60. The molecule has 1 N–H and O–H groups in total. The van der Waals surface area contributed by atoms with Crippen LogP contribution in [0.15, 0.2) is 23.4 Å². The van der Waals surface area contributed by atoms with Crippen LogP contribution < -0.4 is 5.32 Å². The summed E-state index contributed by atoms with van der Waals surface area (Å²) in [5.74, 6) is 1.98. The molecule has 0 unspecified atom stereocenters. The average Bonchev–Trinajstić information content (AvgIpc) is 3.32. The van der Waals surface area contributed by atoms with E-state index in [4.69, 9.17) is 0 Å².